The predicted octanol–water partition coefficient (Wildman–Crippen LogP) is -0.683. The molecule has 4 nitrogen and oxygen atoms in total. The monoisotopic (exact) mass is 188 g/mol. The topological polar surface area (TPSA) is 77.1 Å². The number of nitriles is 1. The molecule has 0 bridgehead atoms. The van der Waals surface area contributed by atoms with Gasteiger partial charge < -0.3 is 10.0 Å². The Kier molecular flexibility index (Phi) is 2.03. The molecule has 5 heteroatoms. The van der Waals surface area contributed by atoms with Crippen LogP contribution in [0.4, 0.5) is 0 Å². The zero-order valence-corrected chi connectivity index (χ0v) is 7.51. The summed E-state index contributed by atoms with van der Waals surface area (Å²) in [5.41, 5.74) is 0.701. The maximum atomic E-state index is 8.94. The highest BCUT2D eigenvalue weighted by molar-refractivity contribution is 6.58. The Balaban J connectivity index is 2.37. The summed E-state index contributed by atoms with van der Waals surface area (Å²) >= 11 is 0. The molecule has 2 N–H and O–H groups in total. The van der Waals surface area contributed by atoms with E-state index in [2.05, 4.69) is 11.1 Å². The molecule has 0 aliphatic heterocycles. The fourth-order valence-electron chi connectivity index (χ4n) is 1.45. The minimum atomic E-state index is -1.52. The van der Waals surface area contributed by atoms with Crippen molar-refractivity contribution in [1.29, 1.82) is 5.26 Å². The second kappa shape index (κ2) is 3.09. The molecular weight excluding hydrogens is 179 g/mol. The van der Waals surface area contributed by atoms with E-state index in [1.165, 1.54) is 6.20 Å². The average molecular weight is 188 g/mol. The quantitative estimate of drug-likeness (QED) is 0.602. The molecule has 1 heterocycles. The Morgan fingerprint density at radius 1 is 1.43 bits per heavy atom. The van der Waals surface area contributed by atoms with Gasteiger partial charge in [0.1, 0.15) is 0 Å². The highest BCUT2D eigenvalue weighted by Crippen LogP contribution is 2.46. The lowest BCUT2D eigenvalue weighted by molar-refractivity contribution is 0.425. The molecule has 1 saturated carbocycles. The van der Waals surface area contributed by atoms with Gasteiger partial charge in [0.2, 0.25) is 0 Å². The van der Waals surface area contributed by atoms with Gasteiger partial charge >= 0.3 is 7.12 Å². The van der Waals surface area contributed by atoms with E-state index in [9.17, 15) is 0 Å². The largest absolute Gasteiger partial charge is 0.490 e. The normalized spacial score (nSPS) is 17.2. The van der Waals surface area contributed by atoms with Gasteiger partial charge in [-0.2, -0.15) is 5.26 Å². The first-order valence-corrected chi connectivity index (χ1v) is 4.41. The van der Waals surface area contributed by atoms with Crippen LogP contribution in [0.1, 0.15) is 18.4 Å². The molecule has 1 aromatic rings. The van der Waals surface area contributed by atoms with E-state index in [1.807, 2.05) is 0 Å². The zero-order valence-electron chi connectivity index (χ0n) is 7.51. The Hall–Kier alpha value is -1.38. The van der Waals surface area contributed by atoms with E-state index in [0.717, 1.165) is 18.4 Å². The second-order valence-corrected chi connectivity index (χ2v) is 3.57. The van der Waals surface area contributed by atoms with Crippen molar-refractivity contribution in [3.05, 3.63) is 24.0 Å². The number of pyridine rings is 1. The third-order valence-corrected chi connectivity index (χ3v) is 2.57. The summed E-state index contributed by atoms with van der Waals surface area (Å²) < 4.78 is 0. The third-order valence-electron chi connectivity index (χ3n) is 2.57. The van der Waals surface area contributed by atoms with Gasteiger partial charge in [-0.05, 0) is 18.4 Å². The lowest BCUT2D eigenvalue weighted by Gasteiger charge is -2.06. The van der Waals surface area contributed by atoms with E-state index in [0.29, 0.717) is 5.46 Å². The van der Waals surface area contributed by atoms with Gasteiger partial charge in [0, 0.05) is 17.9 Å². The van der Waals surface area contributed by atoms with Crippen LogP contribution in [0.3, 0.4) is 0 Å². The number of aromatic nitrogens is 1. The van der Waals surface area contributed by atoms with Crippen LogP contribution in [-0.4, -0.2) is 22.2 Å². The van der Waals surface area contributed by atoms with E-state index in [4.69, 9.17) is 15.3 Å². The first kappa shape index (κ1) is 9.19. The van der Waals surface area contributed by atoms with Crippen molar-refractivity contribution >= 4 is 12.6 Å². The molecule has 2 rings (SSSR count). The second-order valence-electron chi connectivity index (χ2n) is 3.57. The molecule has 0 spiro atoms. The van der Waals surface area contributed by atoms with E-state index in [-0.39, 0.29) is 0 Å². The van der Waals surface area contributed by atoms with Crippen molar-refractivity contribution in [3.8, 4) is 6.07 Å². The zero-order chi connectivity index (χ0) is 10.2. The fourth-order valence-corrected chi connectivity index (χ4v) is 1.45. The van der Waals surface area contributed by atoms with E-state index in [1.54, 1.807) is 12.3 Å². The van der Waals surface area contributed by atoms with Crippen molar-refractivity contribution in [2.24, 2.45) is 0 Å². The van der Waals surface area contributed by atoms with Crippen molar-refractivity contribution in [2.75, 3.05) is 0 Å². The molecule has 1 aliphatic carbocycles. The van der Waals surface area contributed by atoms with Crippen LogP contribution in [-0.2, 0) is 5.41 Å². The molecule has 0 aromatic carbocycles. The summed E-state index contributed by atoms with van der Waals surface area (Å²) in [4.78, 5) is 3.89. The summed E-state index contributed by atoms with van der Waals surface area (Å²) in [5.74, 6) is 0. The molecule has 0 amide bonds. The van der Waals surface area contributed by atoms with Gasteiger partial charge in [0.05, 0.1) is 11.5 Å². The van der Waals surface area contributed by atoms with Gasteiger partial charge in [-0.3, -0.25) is 4.98 Å². The summed E-state index contributed by atoms with van der Waals surface area (Å²) in [5, 5.41) is 26.8. The Morgan fingerprint density at radius 3 is 2.64 bits per heavy atom. The van der Waals surface area contributed by atoms with Crippen LogP contribution < -0.4 is 5.46 Å². The average Bonchev–Trinajstić information content (AvgIpc) is 2.98. The maximum Gasteiger partial charge on any atom is 0.490 e. The van der Waals surface area contributed by atoms with Gasteiger partial charge in [-0.15, -0.1) is 0 Å². The standard InChI is InChI=1S/C9H9BN2O2/c11-6-9(1-2-9)7-3-8(10(13)14)5-12-4-7/h3-5,13-14H,1-2H2. The van der Waals surface area contributed by atoms with Crippen molar-refractivity contribution in [1.82, 2.24) is 4.98 Å². The van der Waals surface area contributed by atoms with Crippen LogP contribution in [0, 0.1) is 11.3 Å². The van der Waals surface area contributed by atoms with Crippen molar-refractivity contribution in [3.63, 3.8) is 0 Å². The van der Waals surface area contributed by atoms with Gasteiger partial charge in [0.15, 0.2) is 0 Å². The highest BCUT2D eigenvalue weighted by atomic mass is 16.4. The maximum absolute atomic E-state index is 8.94. The van der Waals surface area contributed by atoms with Gasteiger partial charge in [-0.1, -0.05) is 6.07 Å². The molecule has 1 aliphatic rings. The van der Waals surface area contributed by atoms with Crippen LogP contribution in [0.5, 0.6) is 0 Å². The molecular formula is C9H9BN2O2. The fraction of sp³-hybridized carbons (Fsp3) is 0.333. The van der Waals surface area contributed by atoms with Gasteiger partial charge in [-0.25, -0.2) is 0 Å². The summed E-state index contributed by atoms with van der Waals surface area (Å²) in [6, 6.07) is 3.86. The Labute approximate surface area is 82.0 Å². The Morgan fingerprint density at radius 2 is 2.14 bits per heavy atom. The van der Waals surface area contributed by atoms with Crippen molar-refractivity contribution in [2.45, 2.75) is 18.3 Å². The SMILES string of the molecule is N#CC1(c2cncc(B(O)O)c2)CC1. The molecule has 0 atom stereocenters. The van der Waals surface area contributed by atoms with Crippen molar-refractivity contribution < 1.29 is 10.0 Å². The molecule has 0 saturated heterocycles. The smallest absolute Gasteiger partial charge is 0.423 e. The van der Waals surface area contributed by atoms with Crippen LogP contribution >= 0.6 is 0 Å². The predicted molar refractivity (Wildman–Crippen MR) is 50.6 cm³/mol. The molecule has 14 heavy (non-hydrogen) atoms. The number of nitrogens with zero attached hydrogens (tertiary/aromatic N) is 2. The summed E-state index contributed by atoms with van der Waals surface area (Å²) in [6.45, 7) is 0. The molecule has 1 aromatic heterocycles. The lowest BCUT2D eigenvalue weighted by Crippen LogP contribution is -2.31. The molecule has 0 radical (unpaired) electrons. The molecule has 1 fully saturated rings. The minimum Gasteiger partial charge on any atom is -0.423 e. The van der Waals surface area contributed by atoms with Gasteiger partial charge in [0.25, 0.3) is 0 Å². The molecule has 70 valence electrons. The first-order valence-electron chi connectivity index (χ1n) is 4.41. The number of rotatable bonds is 2. The number of hydrogen-bond donors (Lipinski definition) is 2. The summed E-state index contributed by atoms with van der Waals surface area (Å²) in [7, 11) is -1.52. The highest BCUT2D eigenvalue weighted by Gasteiger charge is 2.45. The molecule has 0 unspecified atom stereocenters. The van der Waals surface area contributed by atoms with Crippen LogP contribution in [0.2, 0.25) is 0 Å². The van der Waals surface area contributed by atoms with Crippen LogP contribution in [0.25, 0.3) is 0 Å². The van der Waals surface area contributed by atoms with E-state index < -0.39 is 12.5 Å². The summed E-state index contributed by atoms with van der Waals surface area (Å²) in [6.07, 6.45) is 4.66. The van der Waals surface area contributed by atoms with Crippen LogP contribution in [0.15, 0.2) is 18.5 Å². The minimum absolute atomic E-state index is 0.337. The van der Waals surface area contributed by atoms with E-state index >= 15 is 0 Å². The number of hydrogen-bond acceptors (Lipinski definition) is 4. The first-order chi connectivity index (χ1) is 6.68. The third kappa shape index (κ3) is 1.39. The lowest BCUT2D eigenvalue weighted by atomic mass is 9.80. The Bertz CT molecular complexity index is 396.